The van der Waals surface area contributed by atoms with Gasteiger partial charge in [0.1, 0.15) is 5.75 Å². The first-order chi connectivity index (χ1) is 8.33. The maximum Gasteiger partial charge on any atom is 0.124 e. The molecule has 92 valence electrons. The molecule has 3 heteroatoms. The summed E-state index contributed by atoms with van der Waals surface area (Å²) in [6.07, 6.45) is 6.54. The van der Waals surface area contributed by atoms with E-state index in [2.05, 4.69) is 11.4 Å². The molecular weight excluding hydrogens is 234 g/mol. The maximum absolute atomic E-state index is 6.10. The fourth-order valence-corrected chi connectivity index (χ4v) is 2.70. The van der Waals surface area contributed by atoms with E-state index in [9.17, 15) is 0 Å². The van der Waals surface area contributed by atoms with Crippen molar-refractivity contribution in [3.05, 3.63) is 28.8 Å². The first kappa shape index (κ1) is 11.4. The lowest BCUT2D eigenvalue weighted by Crippen LogP contribution is -2.25. The molecule has 0 aromatic heterocycles. The van der Waals surface area contributed by atoms with Crippen LogP contribution in [0.4, 0.5) is 0 Å². The summed E-state index contributed by atoms with van der Waals surface area (Å²) in [5.74, 6) is 1.03. The molecule has 2 nitrogen and oxygen atoms in total. The van der Waals surface area contributed by atoms with Gasteiger partial charge in [-0.2, -0.15) is 0 Å². The van der Waals surface area contributed by atoms with Gasteiger partial charge in [0.2, 0.25) is 0 Å². The Morgan fingerprint density at radius 3 is 2.71 bits per heavy atom. The van der Waals surface area contributed by atoms with Gasteiger partial charge >= 0.3 is 0 Å². The molecule has 3 rings (SSSR count). The Morgan fingerprint density at radius 1 is 1.18 bits per heavy atom. The zero-order valence-electron chi connectivity index (χ0n) is 9.92. The van der Waals surface area contributed by atoms with Crippen LogP contribution in [-0.2, 0) is 0 Å². The largest absolute Gasteiger partial charge is 0.490 e. The Morgan fingerprint density at radius 2 is 2.06 bits per heavy atom. The number of hydrogen-bond acceptors (Lipinski definition) is 2. The second kappa shape index (κ2) is 4.87. The number of ether oxygens (including phenoxy) is 1. The highest BCUT2D eigenvalue weighted by Crippen LogP contribution is 2.35. The van der Waals surface area contributed by atoms with Gasteiger partial charge in [-0.05, 0) is 56.8 Å². The third kappa shape index (κ3) is 2.43. The van der Waals surface area contributed by atoms with Crippen LogP contribution in [0.15, 0.2) is 18.2 Å². The summed E-state index contributed by atoms with van der Waals surface area (Å²) in [4.78, 5) is 0. The smallest absolute Gasteiger partial charge is 0.124 e. The minimum Gasteiger partial charge on any atom is -0.490 e. The third-order valence-corrected chi connectivity index (χ3v) is 3.99. The van der Waals surface area contributed by atoms with Gasteiger partial charge in [-0.15, -0.1) is 0 Å². The van der Waals surface area contributed by atoms with Crippen LogP contribution in [0.3, 0.4) is 0 Å². The lowest BCUT2D eigenvalue weighted by Gasteiger charge is -2.28. The lowest BCUT2D eigenvalue weighted by atomic mass is 9.96. The maximum atomic E-state index is 6.10. The van der Waals surface area contributed by atoms with Crippen molar-refractivity contribution in [2.75, 3.05) is 6.54 Å². The van der Waals surface area contributed by atoms with Gasteiger partial charge in [0, 0.05) is 16.6 Å². The van der Waals surface area contributed by atoms with E-state index in [4.69, 9.17) is 16.3 Å². The van der Waals surface area contributed by atoms with Crippen molar-refractivity contribution in [1.82, 2.24) is 5.32 Å². The summed E-state index contributed by atoms with van der Waals surface area (Å²) in [7, 11) is 0. The zero-order valence-corrected chi connectivity index (χ0v) is 10.7. The van der Waals surface area contributed by atoms with Crippen molar-refractivity contribution in [3.63, 3.8) is 0 Å². The minimum absolute atomic E-state index is 0.420. The molecule has 1 aliphatic carbocycles. The van der Waals surface area contributed by atoms with Crippen molar-refractivity contribution < 1.29 is 4.74 Å². The first-order valence-corrected chi connectivity index (χ1v) is 6.90. The summed E-state index contributed by atoms with van der Waals surface area (Å²) >= 11 is 6.10. The summed E-state index contributed by atoms with van der Waals surface area (Å²) < 4.78 is 6.05. The summed E-state index contributed by atoms with van der Waals surface area (Å²) in [6, 6.07) is 6.42. The Kier molecular flexibility index (Phi) is 3.26. The highest BCUT2D eigenvalue weighted by Gasteiger charge is 2.24. The van der Waals surface area contributed by atoms with E-state index < -0.39 is 0 Å². The van der Waals surface area contributed by atoms with Gasteiger partial charge < -0.3 is 10.1 Å². The van der Waals surface area contributed by atoms with Gasteiger partial charge in [0.25, 0.3) is 0 Å². The second-order valence-corrected chi connectivity index (χ2v) is 5.44. The van der Waals surface area contributed by atoms with Crippen LogP contribution in [-0.4, -0.2) is 12.6 Å². The first-order valence-electron chi connectivity index (χ1n) is 6.52. The predicted molar refractivity (Wildman–Crippen MR) is 69.7 cm³/mol. The highest BCUT2D eigenvalue weighted by atomic mass is 35.5. The molecule has 0 amide bonds. The third-order valence-electron chi connectivity index (χ3n) is 3.75. The number of nitrogens with one attached hydrogen (secondary N) is 1. The van der Waals surface area contributed by atoms with Crippen LogP contribution in [0.25, 0.3) is 0 Å². The van der Waals surface area contributed by atoms with Gasteiger partial charge in [-0.3, -0.25) is 0 Å². The fraction of sp³-hybridized carbons (Fsp3) is 0.571. The predicted octanol–water partition coefficient (Wildman–Crippen LogP) is 3.70. The molecule has 2 aliphatic rings. The number of hydrogen-bond donors (Lipinski definition) is 1. The molecule has 1 heterocycles. The van der Waals surface area contributed by atoms with E-state index in [-0.39, 0.29) is 0 Å². The Hall–Kier alpha value is -0.730. The van der Waals surface area contributed by atoms with E-state index in [1.807, 2.05) is 12.1 Å². The minimum atomic E-state index is 0.420. The molecule has 1 saturated carbocycles. The number of rotatable bonds is 3. The molecule has 1 N–H and O–H groups in total. The van der Waals surface area contributed by atoms with Crippen LogP contribution in [0.2, 0.25) is 5.02 Å². The Labute approximate surface area is 107 Å². The monoisotopic (exact) mass is 251 g/mol. The summed E-state index contributed by atoms with van der Waals surface area (Å²) in [5.41, 5.74) is 1.24. The van der Waals surface area contributed by atoms with Gasteiger partial charge in [0.15, 0.2) is 0 Å². The Balaban J connectivity index is 1.84. The van der Waals surface area contributed by atoms with Gasteiger partial charge in [-0.1, -0.05) is 11.6 Å². The molecule has 17 heavy (non-hydrogen) atoms. The average molecular weight is 252 g/mol. The molecule has 1 aliphatic heterocycles. The summed E-state index contributed by atoms with van der Waals surface area (Å²) in [6.45, 7) is 1.10. The molecule has 1 atom stereocenters. The topological polar surface area (TPSA) is 21.3 Å². The Bertz CT molecular complexity index is 397. The molecule has 0 spiro atoms. The van der Waals surface area contributed by atoms with E-state index in [0.717, 1.165) is 17.3 Å². The van der Waals surface area contributed by atoms with Crippen molar-refractivity contribution >= 4 is 11.6 Å². The van der Waals surface area contributed by atoms with E-state index in [1.54, 1.807) is 0 Å². The molecule has 2 fully saturated rings. The SMILES string of the molecule is Clc1ccc(OC2CCC2)c(C2CCCN2)c1. The standard InChI is InChI=1S/C14H18ClNO/c15-10-6-7-14(17-11-3-1-4-11)12(9-10)13-5-2-8-16-13/h6-7,9,11,13,16H,1-5,8H2. The number of benzene rings is 1. The zero-order chi connectivity index (χ0) is 11.7. The molecular formula is C14H18ClNO. The molecule has 1 aromatic rings. The summed E-state index contributed by atoms with van der Waals surface area (Å²) in [5, 5.41) is 4.31. The quantitative estimate of drug-likeness (QED) is 0.885. The van der Waals surface area contributed by atoms with Crippen LogP contribution < -0.4 is 10.1 Å². The van der Waals surface area contributed by atoms with Crippen molar-refractivity contribution in [2.45, 2.75) is 44.2 Å². The second-order valence-electron chi connectivity index (χ2n) is 5.00. The molecule has 1 aromatic carbocycles. The lowest BCUT2D eigenvalue weighted by molar-refractivity contribution is 0.118. The van der Waals surface area contributed by atoms with Gasteiger partial charge in [0.05, 0.1) is 6.10 Å². The fourth-order valence-electron chi connectivity index (χ4n) is 2.52. The molecule has 1 saturated heterocycles. The van der Waals surface area contributed by atoms with Crippen molar-refractivity contribution in [1.29, 1.82) is 0 Å². The average Bonchev–Trinajstić information content (AvgIpc) is 2.78. The van der Waals surface area contributed by atoms with Crippen LogP contribution in [0.1, 0.15) is 43.7 Å². The normalized spacial score (nSPS) is 24.6. The van der Waals surface area contributed by atoms with Crippen LogP contribution in [0, 0.1) is 0 Å². The van der Waals surface area contributed by atoms with Crippen molar-refractivity contribution in [2.24, 2.45) is 0 Å². The van der Waals surface area contributed by atoms with Crippen LogP contribution >= 0.6 is 11.6 Å². The molecule has 0 radical (unpaired) electrons. The van der Waals surface area contributed by atoms with E-state index in [1.165, 1.54) is 37.7 Å². The molecule has 1 unspecified atom stereocenters. The van der Waals surface area contributed by atoms with E-state index in [0.29, 0.717) is 12.1 Å². The molecule has 0 bridgehead atoms. The highest BCUT2D eigenvalue weighted by molar-refractivity contribution is 6.30. The van der Waals surface area contributed by atoms with Crippen LogP contribution in [0.5, 0.6) is 5.75 Å². The number of halogens is 1. The van der Waals surface area contributed by atoms with Crippen molar-refractivity contribution in [3.8, 4) is 5.75 Å². The van der Waals surface area contributed by atoms with Gasteiger partial charge in [-0.25, -0.2) is 0 Å². The van der Waals surface area contributed by atoms with E-state index >= 15 is 0 Å².